The Morgan fingerprint density at radius 1 is 1.29 bits per heavy atom. The van der Waals surface area contributed by atoms with E-state index in [1.165, 1.54) is 4.90 Å². The van der Waals surface area contributed by atoms with Gasteiger partial charge in [-0.1, -0.05) is 26.2 Å². The van der Waals surface area contributed by atoms with Gasteiger partial charge in [-0.05, 0) is 25.7 Å². The van der Waals surface area contributed by atoms with Crippen molar-refractivity contribution in [2.24, 2.45) is 10.9 Å². The molecule has 1 aliphatic carbocycles. The van der Waals surface area contributed by atoms with Crippen LogP contribution in [0.15, 0.2) is 4.99 Å². The number of hydrogen-bond donors (Lipinski definition) is 0. The largest absolute Gasteiger partial charge is 0.350 e. The normalized spacial score (nSPS) is 23.9. The Bertz CT molecular complexity index is 349. The van der Waals surface area contributed by atoms with Crippen molar-refractivity contribution in [2.45, 2.75) is 51.9 Å². The van der Waals surface area contributed by atoms with Gasteiger partial charge in [-0.2, -0.15) is 0 Å². The molecule has 2 rings (SSSR count). The van der Waals surface area contributed by atoms with Gasteiger partial charge in [0, 0.05) is 12.3 Å². The first kappa shape index (κ1) is 12.3. The van der Waals surface area contributed by atoms with Crippen molar-refractivity contribution in [1.29, 1.82) is 0 Å². The number of imide groups is 1. The van der Waals surface area contributed by atoms with Crippen molar-refractivity contribution < 1.29 is 9.59 Å². The maximum Gasteiger partial charge on any atom is 0.350 e. The first-order valence-corrected chi connectivity index (χ1v) is 6.67. The van der Waals surface area contributed by atoms with E-state index < -0.39 is 0 Å². The van der Waals surface area contributed by atoms with Crippen LogP contribution in [-0.4, -0.2) is 29.1 Å². The summed E-state index contributed by atoms with van der Waals surface area (Å²) in [6, 6.07) is -0.334. The third-order valence-electron chi connectivity index (χ3n) is 3.60. The van der Waals surface area contributed by atoms with Crippen molar-refractivity contribution in [2.75, 3.05) is 6.54 Å². The number of unbranched alkanes of at least 4 members (excludes halogenated alkanes) is 3. The van der Waals surface area contributed by atoms with Gasteiger partial charge in [-0.15, -0.1) is 0 Å². The lowest BCUT2D eigenvalue weighted by molar-refractivity contribution is -0.130. The van der Waals surface area contributed by atoms with Crippen molar-refractivity contribution in [1.82, 2.24) is 4.90 Å². The fourth-order valence-electron chi connectivity index (χ4n) is 2.60. The number of amides is 3. The molecule has 0 aromatic rings. The zero-order valence-corrected chi connectivity index (χ0v) is 10.4. The molecule has 0 aromatic heterocycles. The van der Waals surface area contributed by atoms with Crippen LogP contribution in [0, 0.1) is 5.92 Å². The molecule has 0 radical (unpaired) electrons. The molecule has 17 heavy (non-hydrogen) atoms. The average Bonchev–Trinajstić information content (AvgIpc) is 2.76. The minimum atomic E-state index is -0.334. The molecule has 1 saturated carbocycles. The lowest BCUT2D eigenvalue weighted by Crippen LogP contribution is -2.45. The van der Waals surface area contributed by atoms with E-state index in [2.05, 4.69) is 11.9 Å². The van der Waals surface area contributed by atoms with Gasteiger partial charge in [0.25, 0.3) is 0 Å². The molecule has 3 amide bonds. The summed E-state index contributed by atoms with van der Waals surface area (Å²) in [7, 11) is 0. The van der Waals surface area contributed by atoms with Crippen molar-refractivity contribution >= 4 is 17.6 Å². The summed E-state index contributed by atoms with van der Waals surface area (Å²) in [5.41, 5.74) is 0.824. The van der Waals surface area contributed by atoms with Crippen LogP contribution in [0.4, 0.5) is 4.79 Å². The Hall–Kier alpha value is -1.19. The Kier molecular flexibility index (Phi) is 3.92. The topological polar surface area (TPSA) is 49.7 Å². The average molecular weight is 236 g/mol. The van der Waals surface area contributed by atoms with Gasteiger partial charge in [-0.3, -0.25) is 9.69 Å². The molecule has 0 N–H and O–H groups in total. The number of nitrogens with zero attached hydrogens (tertiary/aromatic N) is 2. The van der Waals surface area contributed by atoms with E-state index in [-0.39, 0.29) is 17.9 Å². The second-order valence-corrected chi connectivity index (χ2v) is 4.88. The van der Waals surface area contributed by atoms with Crippen LogP contribution in [0.3, 0.4) is 0 Å². The molecule has 0 bridgehead atoms. The lowest BCUT2D eigenvalue weighted by Gasteiger charge is -2.26. The fourth-order valence-corrected chi connectivity index (χ4v) is 2.60. The number of carbonyl (C=O) groups excluding carboxylic acids is 2. The number of fused-ring (bicyclic) bond motifs is 1. The summed E-state index contributed by atoms with van der Waals surface area (Å²) in [6.45, 7) is 2.69. The highest BCUT2D eigenvalue weighted by atomic mass is 16.2. The third kappa shape index (κ3) is 2.56. The van der Waals surface area contributed by atoms with Gasteiger partial charge in [0.05, 0.1) is 5.92 Å². The first-order chi connectivity index (χ1) is 8.24. The summed E-state index contributed by atoms with van der Waals surface area (Å²) in [5, 5.41) is 0. The number of urea groups is 1. The fraction of sp³-hybridized carbons (Fsp3) is 0.769. The predicted molar refractivity (Wildman–Crippen MR) is 66.0 cm³/mol. The highest BCUT2D eigenvalue weighted by Gasteiger charge is 2.39. The van der Waals surface area contributed by atoms with E-state index >= 15 is 0 Å². The van der Waals surface area contributed by atoms with E-state index in [0.29, 0.717) is 6.54 Å². The predicted octanol–water partition coefficient (Wildman–Crippen LogP) is 2.77. The van der Waals surface area contributed by atoms with Gasteiger partial charge in [-0.25, -0.2) is 9.79 Å². The summed E-state index contributed by atoms with van der Waals surface area (Å²) >= 11 is 0. The molecular weight excluding hydrogens is 216 g/mol. The standard InChI is InChI=1S/C13H20N2O2/c1-2-3-4-5-9-15-12(16)10-7-6-8-11(10)14-13(15)17/h10H,2-9H2,1H3. The SMILES string of the molecule is CCCCCCN1C(=O)N=C2CCCC2C1=O. The van der Waals surface area contributed by atoms with Crippen LogP contribution in [0.25, 0.3) is 0 Å². The zero-order chi connectivity index (χ0) is 12.3. The third-order valence-corrected chi connectivity index (χ3v) is 3.60. The molecule has 2 aliphatic rings. The molecule has 4 nitrogen and oxygen atoms in total. The second-order valence-electron chi connectivity index (χ2n) is 4.88. The quantitative estimate of drug-likeness (QED) is 0.689. The van der Waals surface area contributed by atoms with E-state index in [4.69, 9.17) is 0 Å². The van der Waals surface area contributed by atoms with Crippen LogP contribution >= 0.6 is 0 Å². The van der Waals surface area contributed by atoms with Crippen molar-refractivity contribution in [3.8, 4) is 0 Å². The maximum atomic E-state index is 12.1. The van der Waals surface area contributed by atoms with Crippen molar-refractivity contribution in [3.63, 3.8) is 0 Å². The molecule has 0 aromatic carbocycles. The second kappa shape index (κ2) is 5.43. The number of rotatable bonds is 5. The Balaban J connectivity index is 1.94. The van der Waals surface area contributed by atoms with E-state index in [0.717, 1.165) is 50.7 Å². The molecule has 1 heterocycles. The minimum absolute atomic E-state index is 0.00556. The van der Waals surface area contributed by atoms with Gasteiger partial charge in [0.1, 0.15) is 0 Å². The minimum Gasteiger partial charge on any atom is -0.274 e. The molecule has 1 unspecified atom stereocenters. The summed E-state index contributed by atoms with van der Waals surface area (Å²) in [6.07, 6.45) is 6.99. The Morgan fingerprint density at radius 2 is 2.12 bits per heavy atom. The monoisotopic (exact) mass is 236 g/mol. The summed E-state index contributed by atoms with van der Waals surface area (Å²) < 4.78 is 0. The van der Waals surface area contributed by atoms with Gasteiger partial charge in [0.2, 0.25) is 5.91 Å². The molecular formula is C13H20N2O2. The van der Waals surface area contributed by atoms with Gasteiger partial charge in [0.15, 0.2) is 0 Å². The van der Waals surface area contributed by atoms with Crippen LogP contribution < -0.4 is 0 Å². The van der Waals surface area contributed by atoms with Crippen LogP contribution in [-0.2, 0) is 4.79 Å². The summed E-state index contributed by atoms with van der Waals surface area (Å²) in [5.74, 6) is -0.0899. The smallest absolute Gasteiger partial charge is 0.274 e. The molecule has 0 spiro atoms. The molecule has 94 valence electrons. The van der Waals surface area contributed by atoms with Crippen LogP contribution in [0.2, 0.25) is 0 Å². The molecule has 4 heteroatoms. The van der Waals surface area contributed by atoms with Crippen LogP contribution in [0.5, 0.6) is 0 Å². The zero-order valence-electron chi connectivity index (χ0n) is 10.4. The molecule has 1 fully saturated rings. The number of hydrogen-bond acceptors (Lipinski definition) is 2. The van der Waals surface area contributed by atoms with E-state index in [9.17, 15) is 9.59 Å². The van der Waals surface area contributed by atoms with E-state index in [1.807, 2.05) is 0 Å². The molecule has 0 saturated heterocycles. The Morgan fingerprint density at radius 3 is 2.88 bits per heavy atom. The van der Waals surface area contributed by atoms with Crippen LogP contribution in [0.1, 0.15) is 51.9 Å². The first-order valence-electron chi connectivity index (χ1n) is 6.67. The van der Waals surface area contributed by atoms with Crippen molar-refractivity contribution in [3.05, 3.63) is 0 Å². The highest BCUT2D eigenvalue weighted by molar-refractivity contribution is 6.17. The Labute approximate surface area is 102 Å². The van der Waals surface area contributed by atoms with Gasteiger partial charge >= 0.3 is 6.03 Å². The maximum absolute atomic E-state index is 12.1. The highest BCUT2D eigenvalue weighted by Crippen LogP contribution is 2.28. The van der Waals surface area contributed by atoms with E-state index in [1.54, 1.807) is 0 Å². The number of aliphatic imine (C=N–C) groups is 1. The van der Waals surface area contributed by atoms with Gasteiger partial charge < -0.3 is 0 Å². The lowest BCUT2D eigenvalue weighted by atomic mass is 10.0. The summed E-state index contributed by atoms with van der Waals surface area (Å²) in [4.78, 5) is 29.2. The molecule has 1 aliphatic heterocycles. The number of carbonyl (C=O) groups is 2. The molecule has 1 atom stereocenters.